The van der Waals surface area contributed by atoms with Gasteiger partial charge in [0.05, 0.1) is 6.10 Å². The van der Waals surface area contributed by atoms with Crippen LogP contribution in [0.4, 0.5) is 0 Å². The highest BCUT2D eigenvalue weighted by molar-refractivity contribution is 9.09. The summed E-state index contributed by atoms with van der Waals surface area (Å²) in [5.41, 5.74) is 0. The Morgan fingerprint density at radius 2 is 2.12 bits per heavy atom. The van der Waals surface area contributed by atoms with E-state index in [1.165, 1.54) is 0 Å². The lowest BCUT2D eigenvalue weighted by molar-refractivity contribution is 0.0900. The van der Waals surface area contributed by atoms with Crippen LogP contribution >= 0.6 is 15.9 Å². The summed E-state index contributed by atoms with van der Waals surface area (Å²) in [6.45, 7) is 3.76. The minimum atomic E-state index is -0.456. The Bertz CT molecular complexity index is 97.1. The Morgan fingerprint density at radius 1 is 1.62 bits per heavy atom. The molecule has 46 valence electrons. The van der Waals surface area contributed by atoms with Crippen molar-refractivity contribution in [2.45, 2.75) is 25.0 Å². The highest BCUT2D eigenvalue weighted by atomic mass is 79.9. The molecule has 0 saturated carbocycles. The molecule has 0 heterocycles. The number of hydrogen-bond donors (Lipinski definition) is 0. The predicted molar refractivity (Wildman–Crippen MR) is 34.5 cm³/mol. The molecule has 0 rings (SSSR count). The van der Waals surface area contributed by atoms with Crippen LogP contribution in [0.25, 0.3) is 0 Å². The van der Waals surface area contributed by atoms with Crippen LogP contribution in [0.5, 0.6) is 0 Å². The third kappa shape index (κ3) is 4.10. The lowest BCUT2D eigenvalue weighted by atomic mass is 10.5. The van der Waals surface area contributed by atoms with Crippen LogP contribution in [-0.2, 0) is 4.74 Å². The maximum atomic E-state index is 8.16. The van der Waals surface area contributed by atoms with E-state index in [9.17, 15) is 0 Å². The summed E-state index contributed by atoms with van der Waals surface area (Å²) in [6.07, 6.45) is 0.110. The molecule has 0 aliphatic rings. The second-order valence-corrected chi connectivity index (χ2v) is 2.46. The largest absolute Gasteiger partial charge is 0.350 e. The van der Waals surface area contributed by atoms with Crippen molar-refractivity contribution in [3.63, 3.8) is 0 Å². The first-order chi connectivity index (χ1) is 3.66. The molecule has 0 aromatic carbocycles. The van der Waals surface area contributed by atoms with Gasteiger partial charge in [0.1, 0.15) is 6.07 Å². The van der Waals surface area contributed by atoms with E-state index < -0.39 is 5.01 Å². The summed E-state index contributed by atoms with van der Waals surface area (Å²) in [4.78, 5) is 0. The van der Waals surface area contributed by atoms with Crippen molar-refractivity contribution in [3.8, 4) is 6.07 Å². The summed E-state index contributed by atoms with van der Waals surface area (Å²) in [5.74, 6) is 0. The first-order valence-corrected chi connectivity index (χ1v) is 3.27. The number of ether oxygens (including phenoxy) is 1. The second kappa shape index (κ2) is 3.88. The Kier molecular flexibility index (Phi) is 3.84. The van der Waals surface area contributed by atoms with E-state index >= 15 is 0 Å². The van der Waals surface area contributed by atoms with Gasteiger partial charge in [-0.1, -0.05) is 0 Å². The van der Waals surface area contributed by atoms with Gasteiger partial charge in [-0.3, -0.25) is 0 Å². The van der Waals surface area contributed by atoms with Gasteiger partial charge in [0.15, 0.2) is 5.01 Å². The van der Waals surface area contributed by atoms with Gasteiger partial charge >= 0.3 is 0 Å². The summed E-state index contributed by atoms with van der Waals surface area (Å²) in [6, 6.07) is 1.89. The van der Waals surface area contributed by atoms with Gasteiger partial charge in [0.2, 0.25) is 0 Å². The Labute approximate surface area is 57.6 Å². The number of alkyl halides is 1. The van der Waals surface area contributed by atoms with Crippen molar-refractivity contribution in [1.82, 2.24) is 0 Å². The molecule has 0 amide bonds. The normalized spacial score (nSPS) is 13.4. The van der Waals surface area contributed by atoms with Crippen LogP contribution in [0, 0.1) is 11.3 Å². The maximum Gasteiger partial charge on any atom is 0.199 e. The van der Waals surface area contributed by atoms with E-state index in [1.54, 1.807) is 0 Å². The first-order valence-electron chi connectivity index (χ1n) is 2.36. The average Bonchev–Trinajstić information content (AvgIpc) is 1.65. The highest BCUT2D eigenvalue weighted by Gasteiger charge is 2.01. The molecule has 0 fully saturated rings. The third-order valence-corrected chi connectivity index (χ3v) is 0.914. The van der Waals surface area contributed by atoms with E-state index in [4.69, 9.17) is 10.00 Å². The maximum absolute atomic E-state index is 8.16. The van der Waals surface area contributed by atoms with E-state index in [0.717, 1.165) is 0 Å². The number of nitrogens with zero attached hydrogens (tertiary/aromatic N) is 1. The van der Waals surface area contributed by atoms with Gasteiger partial charge in [-0.05, 0) is 29.8 Å². The molecule has 0 aromatic heterocycles. The molecule has 0 aromatic rings. The summed E-state index contributed by atoms with van der Waals surface area (Å²) in [7, 11) is 0. The van der Waals surface area contributed by atoms with E-state index in [2.05, 4.69) is 15.9 Å². The monoisotopic (exact) mass is 177 g/mol. The van der Waals surface area contributed by atoms with Crippen molar-refractivity contribution < 1.29 is 4.74 Å². The van der Waals surface area contributed by atoms with Crippen molar-refractivity contribution >= 4 is 15.9 Å². The summed E-state index contributed by atoms with van der Waals surface area (Å²) < 4.78 is 4.95. The zero-order chi connectivity index (χ0) is 6.57. The van der Waals surface area contributed by atoms with Gasteiger partial charge in [-0.15, -0.1) is 0 Å². The number of nitriles is 1. The van der Waals surface area contributed by atoms with Crippen LogP contribution < -0.4 is 0 Å². The molecule has 3 heteroatoms. The van der Waals surface area contributed by atoms with Crippen LogP contribution in [0.15, 0.2) is 0 Å². The number of hydrogen-bond acceptors (Lipinski definition) is 2. The lowest BCUT2D eigenvalue weighted by Gasteiger charge is -2.05. The Morgan fingerprint density at radius 3 is 2.25 bits per heavy atom. The molecule has 1 atom stereocenters. The standard InChI is InChI=1S/C5H8BrNO/c1-4(2)8-5(6)3-7/h4-5H,1-2H3. The smallest absolute Gasteiger partial charge is 0.199 e. The van der Waals surface area contributed by atoms with Crippen LogP contribution in [0.2, 0.25) is 0 Å². The molecule has 2 nitrogen and oxygen atoms in total. The fourth-order valence-electron chi connectivity index (χ4n) is 0.269. The molecule has 8 heavy (non-hydrogen) atoms. The van der Waals surface area contributed by atoms with E-state index in [1.807, 2.05) is 19.9 Å². The fraction of sp³-hybridized carbons (Fsp3) is 0.800. The molecular weight excluding hydrogens is 170 g/mol. The second-order valence-electron chi connectivity index (χ2n) is 1.63. The average molecular weight is 178 g/mol. The molecule has 0 spiro atoms. The van der Waals surface area contributed by atoms with Gasteiger partial charge < -0.3 is 4.74 Å². The van der Waals surface area contributed by atoms with Gasteiger partial charge in [-0.2, -0.15) is 5.26 Å². The van der Waals surface area contributed by atoms with Crippen molar-refractivity contribution in [1.29, 1.82) is 5.26 Å². The van der Waals surface area contributed by atoms with Crippen molar-refractivity contribution in [3.05, 3.63) is 0 Å². The zero-order valence-corrected chi connectivity index (χ0v) is 6.47. The van der Waals surface area contributed by atoms with Gasteiger partial charge in [0.25, 0.3) is 0 Å². The minimum Gasteiger partial charge on any atom is -0.350 e. The molecular formula is C5H8BrNO. The summed E-state index contributed by atoms with van der Waals surface area (Å²) in [5, 5.41) is 7.71. The first kappa shape index (κ1) is 7.93. The van der Waals surface area contributed by atoms with Gasteiger partial charge in [-0.25, -0.2) is 0 Å². The van der Waals surface area contributed by atoms with Crippen LogP contribution in [0.1, 0.15) is 13.8 Å². The highest BCUT2D eigenvalue weighted by Crippen LogP contribution is 2.02. The summed E-state index contributed by atoms with van der Waals surface area (Å²) >= 11 is 2.99. The minimum absolute atomic E-state index is 0.110. The molecule has 1 unspecified atom stereocenters. The van der Waals surface area contributed by atoms with Gasteiger partial charge in [0, 0.05) is 0 Å². The number of halogens is 1. The van der Waals surface area contributed by atoms with Crippen LogP contribution in [-0.4, -0.2) is 11.1 Å². The Balaban J connectivity index is 3.28. The lowest BCUT2D eigenvalue weighted by Crippen LogP contribution is -2.08. The molecule has 0 radical (unpaired) electrons. The predicted octanol–water partition coefficient (Wildman–Crippen LogP) is 1.66. The fourth-order valence-corrected chi connectivity index (χ4v) is 0.701. The Hall–Kier alpha value is -0.0700. The molecule has 0 N–H and O–H groups in total. The quantitative estimate of drug-likeness (QED) is 0.602. The van der Waals surface area contributed by atoms with E-state index in [0.29, 0.717) is 0 Å². The zero-order valence-electron chi connectivity index (χ0n) is 4.89. The van der Waals surface area contributed by atoms with Crippen molar-refractivity contribution in [2.75, 3.05) is 0 Å². The topological polar surface area (TPSA) is 33.0 Å². The molecule has 0 saturated heterocycles. The SMILES string of the molecule is CC(C)OC(Br)C#N. The molecule has 0 aliphatic carbocycles. The van der Waals surface area contributed by atoms with Crippen LogP contribution in [0.3, 0.4) is 0 Å². The molecule has 0 bridgehead atoms. The van der Waals surface area contributed by atoms with E-state index in [-0.39, 0.29) is 6.10 Å². The molecule has 0 aliphatic heterocycles. The van der Waals surface area contributed by atoms with Crippen molar-refractivity contribution in [2.24, 2.45) is 0 Å². The number of rotatable bonds is 2. The third-order valence-electron chi connectivity index (χ3n) is 0.493.